The van der Waals surface area contributed by atoms with Gasteiger partial charge in [-0.2, -0.15) is 0 Å². The molecule has 0 heterocycles. The summed E-state index contributed by atoms with van der Waals surface area (Å²) in [5.41, 5.74) is 3.13. The molecular weight excluding hydrogens is 186 g/mol. The first-order valence-corrected chi connectivity index (χ1v) is 4.72. The van der Waals surface area contributed by atoms with E-state index >= 15 is 0 Å². The maximum atomic E-state index is 5.41. The zero-order valence-corrected chi connectivity index (χ0v) is 8.30. The summed E-state index contributed by atoms with van der Waals surface area (Å²) in [4.78, 5) is 0. The van der Waals surface area contributed by atoms with Crippen LogP contribution in [0.25, 0.3) is 11.1 Å². The van der Waals surface area contributed by atoms with Crippen molar-refractivity contribution in [1.29, 1.82) is 0 Å². The molecule has 2 rings (SSSR count). The van der Waals surface area contributed by atoms with Gasteiger partial charge in [0.2, 0.25) is 0 Å². The zero-order valence-electron chi connectivity index (χ0n) is 8.30. The van der Waals surface area contributed by atoms with Crippen molar-refractivity contribution < 1.29 is 0 Å². The third-order valence-corrected chi connectivity index (χ3v) is 2.27. The van der Waals surface area contributed by atoms with Gasteiger partial charge in [0.25, 0.3) is 0 Å². The summed E-state index contributed by atoms with van der Waals surface area (Å²) in [5.74, 6) is 10.8. The highest BCUT2D eigenvalue weighted by Gasteiger charge is 1.98. The molecule has 0 radical (unpaired) electrons. The molecular formula is C12H13N3. The Kier molecular flexibility index (Phi) is 2.67. The SMILES string of the molecule is NN(N)c1ccc(-c2ccccc2)cc1. The Hall–Kier alpha value is -1.84. The Labute approximate surface area is 88.9 Å². The van der Waals surface area contributed by atoms with Crippen LogP contribution in [-0.4, -0.2) is 0 Å². The first kappa shape index (κ1) is 9.71. The van der Waals surface area contributed by atoms with Gasteiger partial charge in [0.1, 0.15) is 0 Å². The maximum absolute atomic E-state index is 5.41. The first-order valence-electron chi connectivity index (χ1n) is 4.72. The number of hydrogen-bond donors (Lipinski definition) is 2. The monoisotopic (exact) mass is 199 g/mol. The highest BCUT2D eigenvalue weighted by Crippen LogP contribution is 2.21. The molecule has 0 aromatic heterocycles. The van der Waals surface area contributed by atoms with E-state index in [9.17, 15) is 0 Å². The van der Waals surface area contributed by atoms with Crippen LogP contribution in [0.4, 0.5) is 5.69 Å². The topological polar surface area (TPSA) is 55.3 Å². The van der Waals surface area contributed by atoms with E-state index in [-0.39, 0.29) is 0 Å². The molecule has 0 saturated carbocycles. The van der Waals surface area contributed by atoms with Gasteiger partial charge in [0, 0.05) is 0 Å². The van der Waals surface area contributed by atoms with Gasteiger partial charge in [-0.3, -0.25) is 0 Å². The first-order chi connectivity index (χ1) is 7.27. The zero-order chi connectivity index (χ0) is 10.7. The van der Waals surface area contributed by atoms with Gasteiger partial charge in [-0.15, -0.1) is 0 Å². The molecule has 0 aliphatic heterocycles. The molecule has 3 heteroatoms. The normalized spacial score (nSPS) is 10.0. The minimum absolute atomic E-state index is 0.787. The van der Waals surface area contributed by atoms with Crippen molar-refractivity contribution >= 4 is 5.69 Å². The summed E-state index contributed by atoms with van der Waals surface area (Å²) in [6, 6.07) is 17.9. The second kappa shape index (κ2) is 4.13. The number of rotatable bonds is 2. The Bertz CT molecular complexity index is 420. The lowest BCUT2D eigenvalue weighted by Gasteiger charge is -2.11. The van der Waals surface area contributed by atoms with Crippen LogP contribution in [0, 0.1) is 0 Å². The molecule has 3 nitrogen and oxygen atoms in total. The van der Waals surface area contributed by atoms with Gasteiger partial charge in [-0.05, 0) is 23.3 Å². The highest BCUT2D eigenvalue weighted by molar-refractivity contribution is 5.65. The van der Waals surface area contributed by atoms with Crippen molar-refractivity contribution in [1.82, 2.24) is 0 Å². The third-order valence-electron chi connectivity index (χ3n) is 2.27. The van der Waals surface area contributed by atoms with Crippen LogP contribution in [0.2, 0.25) is 0 Å². The summed E-state index contributed by atoms with van der Waals surface area (Å²) < 4.78 is 0. The lowest BCUT2D eigenvalue weighted by Crippen LogP contribution is -2.37. The number of nitrogens with two attached hydrogens (primary N) is 2. The summed E-state index contributed by atoms with van der Waals surface area (Å²) in [5, 5.41) is 1.11. The molecule has 76 valence electrons. The van der Waals surface area contributed by atoms with Crippen LogP contribution in [0.3, 0.4) is 0 Å². The predicted molar refractivity (Wildman–Crippen MR) is 62.7 cm³/mol. The van der Waals surface area contributed by atoms with E-state index in [0.29, 0.717) is 0 Å². The quantitative estimate of drug-likeness (QED) is 0.573. The third kappa shape index (κ3) is 2.15. The van der Waals surface area contributed by atoms with Crippen LogP contribution in [0.1, 0.15) is 0 Å². The Morgan fingerprint density at radius 1 is 0.667 bits per heavy atom. The van der Waals surface area contributed by atoms with Crippen molar-refractivity contribution in [3.63, 3.8) is 0 Å². The molecule has 0 fully saturated rings. The number of anilines is 1. The van der Waals surface area contributed by atoms with Crippen LogP contribution < -0.4 is 16.8 Å². The van der Waals surface area contributed by atoms with Crippen molar-refractivity contribution in [3.8, 4) is 11.1 Å². The van der Waals surface area contributed by atoms with Crippen LogP contribution in [0.5, 0.6) is 0 Å². The van der Waals surface area contributed by atoms with Crippen molar-refractivity contribution in [3.05, 3.63) is 54.6 Å². The highest BCUT2D eigenvalue weighted by atomic mass is 15.6. The molecule has 0 aliphatic rings. The molecule has 0 bridgehead atoms. The second-order valence-electron chi connectivity index (χ2n) is 3.32. The predicted octanol–water partition coefficient (Wildman–Crippen LogP) is 1.91. The molecule has 0 atom stereocenters. The molecule has 2 aromatic rings. The van der Waals surface area contributed by atoms with Gasteiger partial charge in [0.05, 0.1) is 5.69 Å². The number of hydrazine groups is 2. The largest absolute Gasteiger partial charge is 0.247 e. The minimum Gasteiger partial charge on any atom is -0.247 e. The molecule has 2 aromatic carbocycles. The Balaban J connectivity index is 2.32. The van der Waals surface area contributed by atoms with E-state index in [4.69, 9.17) is 11.7 Å². The van der Waals surface area contributed by atoms with Gasteiger partial charge in [0.15, 0.2) is 0 Å². The van der Waals surface area contributed by atoms with E-state index in [0.717, 1.165) is 16.4 Å². The van der Waals surface area contributed by atoms with Gasteiger partial charge in [-0.25, -0.2) is 16.8 Å². The van der Waals surface area contributed by atoms with Crippen LogP contribution in [0.15, 0.2) is 54.6 Å². The lowest BCUT2D eigenvalue weighted by molar-refractivity contribution is 0.925. The van der Waals surface area contributed by atoms with E-state index in [1.807, 2.05) is 42.5 Å². The average Bonchev–Trinajstić information content (AvgIpc) is 2.30. The van der Waals surface area contributed by atoms with Gasteiger partial charge in [-0.1, -0.05) is 42.5 Å². The fourth-order valence-electron chi connectivity index (χ4n) is 1.46. The van der Waals surface area contributed by atoms with E-state index in [1.165, 1.54) is 5.56 Å². The molecule has 0 amide bonds. The summed E-state index contributed by atoms with van der Waals surface area (Å²) in [7, 11) is 0. The fourth-order valence-corrected chi connectivity index (χ4v) is 1.46. The van der Waals surface area contributed by atoms with Crippen LogP contribution >= 0.6 is 0 Å². The summed E-state index contributed by atoms with van der Waals surface area (Å²) in [6.07, 6.45) is 0. The van der Waals surface area contributed by atoms with Crippen molar-refractivity contribution in [2.75, 3.05) is 5.12 Å². The van der Waals surface area contributed by atoms with E-state index < -0.39 is 0 Å². The average molecular weight is 199 g/mol. The lowest BCUT2D eigenvalue weighted by atomic mass is 10.1. The molecule has 0 aliphatic carbocycles. The number of nitrogens with zero attached hydrogens (tertiary/aromatic N) is 1. The summed E-state index contributed by atoms with van der Waals surface area (Å²) >= 11 is 0. The van der Waals surface area contributed by atoms with Crippen molar-refractivity contribution in [2.24, 2.45) is 11.7 Å². The smallest absolute Gasteiger partial charge is 0.0697 e. The Morgan fingerprint density at radius 3 is 1.73 bits per heavy atom. The van der Waals surface area contributed by atoms with Crippen molar-refractivity contribution in [2.45, 2.75) is 0 Å². The molecule has 0 saturated heterocycles. The van der Waals surface area contributed by atoms with E-state index in [1.54, 1.807) is 0 Å². The molecule has 0 spiro atoms. The minimum atomic E-state index is 0.787. The fraction of sp³-hybridized carbons (Fsp3) is 0. The number of benzene rings is 2. The molecule has 4 N–H and O–H groups in total. The maximum Gasteiger partial charge on any atom is 0.0697 e. The van der Waals surface area contributed by atoms with E-state index in [2.05, 4.69) is 12.1 Å². The standard InChI is InChI=1S/C12H13N3/c13-15(14)12-8-6-11(7-9-12)10-4-2-1-3-5-10/h1-9H,13-14H2. The Morgan fingerprint density at radius 2 is 1.20 bits per heavy atom. The second-order valence-corrected chi connectivity index (χ2v) is 3.32. The summed E-state index contributed by atoms with van der Waals surface area (Å²) in [6.45, 7) is 0. The van der Waals surface area contributed by atoms with Gasteiger partial charge < -0.3 is 0 Å². The van der Waals surface area contributed by atoms with Gasteiger partial charge >= 0.3 is 0 Å². The molecule has 15 heavy (non-hydrogen) atoms. The van der Waals surface area contributed by atoms with Crippen LogP contribution in [-0.2, 0) is 0 Å². The molecule has 0 unspecified atom stereocenters. The number of hydrogen-bond acceptors (Lipinski definition) is 3.